The summed E-state index contributed by atoms with van der Waals surface area (Å²) in [6, 6.07) is 4.81. The summed E-state index contributed by atoms with van der Waals surface area (Å²) in [5.74, 6) is 0.441. The first kappa shape index (κ1) is 12.5. The average Bonchev–Trinajstić information content (AvgIpc) is 2.94. The maximum atomic E-state index is 11.5. The molecule has 0 unspecified atom stereocenters. The van der Waals surface area contributed by atoms with Crippen LogP contribution in [0.3, 0.4) is 0 Å². The van der Waals surface area contributed by atoms with E-state index in [1.807, 2.05) is 0 Å². The molecule has 0 aliphatic rings. The zero-order chi connectivity index (χ0) is 13.6. The molecular formula is C11H6Cl2N2O3S. The predicted octanol–water partition coefficient (Wildman–Crippen LogP) is 3.40. The van der Waals surface area contributed by atoms with E-state index in [0.29, 0.717) is 27.2 Å². The number of H-pyrrole nitrogens is 1. The molecule has 19 heavy (non-hydrogen) atoms. The van der Waals surface area contributed by atoms with E-state index < -0.39 is 9.05 Å². The molecule has 0 amide bonds. The van der Waals surface area contributed by atoms with E-state index in [2.05, 4.69) is 10.1 Å². The number of hydrogen-bond acceptors (Lipinski definition) is 4. The van der Waals surface area contributed by atoms with E-state index >= 15 is 0 Å². The van der Waals surface area contributed by atoms with Crippen molar-refractivity contribution in [1.29, 1.82) is 0 Å². The Labute approximate surface area is 117 Å². The van der Waals surface area contributed by atoms with Crippen LogP contribution < -0.4 is 0 Å². The second-order valence-corrected chi connectivity index (χ2v) is 6.75. The Morgan fingerprint density at radius 3 is 2.68 bits per heavy atom. The van der Waals surface area contributed by atoms with Crippen LogP contribution in [0, 0.1) is 0 Å². The second kappa shape index (κ2) is 4.26. The summed E-state index contributed by atoms with van der Waals surface area (Å²) < 4.78 is 28.0. The van der Waals surface area contributed by atoms with Crippen LogP contribution in [-0.2, 0) is 9.05 Å². The van der Waals surface area contributed by atoms with Crippen molar-refractivity contribution < 1.29 is 12.9 Å². The highest BCUT2D eigenvalue weighted by Gasteiger charge is 2.20. The summed E-state index contributed by atoms with van der Waals surface area (Å²) in [5.41, 5.74) is 1.08. The first-order valence-electron chi connectivity index (χ1n) is 5.14. The van der Waals surface area contributed by atoms with Crippen molar-refractivity contribution in [2.75, 3.05) is 0 Å². The molecule has 3 rings (SSSR count). The fourth-order valence-corrected chi connectivity index (χ4v) is 3.20. The molecule has 1 N–H and O–H groups in total. The van der Waals surface area contributed by atoms with Gasteiger partial charge in [-0.05, 0) is 12.1 Å². The molecule has 0 bridgehead atoms. The molecule has 0 aliphatic carbocycles. The van der Waals surface area contributed by atoms with Crippen molar-refractivity contribution in [2.24, 2.45) is 0 Å². The van der Waals surface area contributed by atoms with Crippen LogP contribution >= 0.6 is 22.3 Å². The van der Waals surface area contributed by atoms with Crippen molar-refractivity contribution in [3.05, 3.63) is 35.6 Å². The zero-order valence-corrected chi connectivity index (χ0v) is 11.6. The number of benzene rings is 1. The Hall–Kier alpha value is -1.50. The SMILES string of the molecule is O=S(=O)(Cl)c1c[nH]c2c(-c3ccno3)c(Cl)ccc12. The van der Waals surface area contributed by atoms with Crippen molar-refractivity contribution in [3.8, 4) is 11.3 Å². The van der Waals surface area contributed by atoms with E-state index in [1.54, 1.807) is 18.2 Å². The monoisotopic (exact) mass is 316 g/mol. The number of aromatic nitrogens is 2. The van der Waals surface area contributed by atoms with Gasteiger partial charge in [-0.1, -0.05) is 16.8 Å². The van der Waals surface area contributed by atoms with Crippen LogP contribution in [0.4, 0.5) is 0 Å². The maximum Gasteiger partial charge on any atom is 0.263 e. The molecular weight excluding hydrogens is 311 g/mol. The Bertz CT molecular complexity index is 854. The van der Waals surface area contributed by atoms with Gasteiger partial charge in [0.15, 0.2) is 5.76 Å². The molecule has 0 saturated heterocycles. The van der Waals surface area contributed by atoms with Gasteiger partial charge in [-0.3, -0.25) is 0 Å². The van der Waals surface area contributed by atoms with E-state index in [9.17, 15) is 8.42 Å². The molecule has 0 fully saturated rings. The summed E-state index contributed by atoms with van der Waals surface area (Å²) in [6.45, 7) is 0. The normalized spacial score (nSPS) is 12.1. The van der Waals surface area contributed by atoms with Gasteiger partial charge in [0.25, 0.3) is 9.05 Å². The highest BCUT2D eigenvalue weighted by atomic mass is 35.7. The van der Waals surface area contributed by atoms with Gasteiger partial charge in [0.05, 0.1) is 22.3 Å². The molecule has 1 aromatic carbocycles. The minimum Gasteiger partial charge on any atom is -0.359 e. The Morgan fingerprint density at radius 2 is 2.05 bits per heavy atom. The third-order valence-corrected chi connectivity index (χ3v) is 4.39. The lowest BCUT2D eigenvalue weighted by molar-refractivity contribution is 0.432. The third-order valence-electron chi connectivity index (χ3n) is 2.71. The minimum atomic E-state index is -3.83. The summed E-state index contributed by atoms with van der Waals surface area (Å²) in [5, 5.41) is 4.48. The van der Waals surface area contributed by atoms with Crippen LogP contribution in [0.5, 0.6) is 0 Å². The number of fused-ring (bicyclic) bond motifs is 1. The van der Waals surface area contributed by atoms with Crippen LogP contribution in [0.15, 0.2) is 40.0 Å². The summed E-state index contributed by atoms with van der Waals surface area (Å²) in [7, 11) is 1.55. The number of aromatic amines is 1. The van der Waals surface area contributed by atoms with Gasteiger partial charge in [0.1, 0.15) is 4.90 Å². The number of hydrogen-bond donors (Lipinski definition) is 1. The topological polar surface area (TPSA) is 76.0 Å². The van der Waals surface area contributed by atoms with Gasteiger partial charge in [0.2, 0.25) is 0 Å². The summed E-state index contributed by atoms with van der Waals surface area (Å²) in [6.07, 6.45) is 2.80. The Morgan fingerprint density at radius 1 is 1.26 bits per heavy atom. The first-order valence-corrected chi connectivity index (χ1v) is 7.82. The van der Waals surface area contributed by atoms with Gasteiger partial charge in [-0.15, -0.1) is 0 Å². The fourth-order valence-electron chi connectivity index (χ4n) is 1.94. The highest BCUT2D eigenvalue weighted by Crippen LogP contribution is 2.37. The van der Waals surface area contributed by atoms with Gasteiger partial charge >= 0.3 is 0 Å². The van der Waals surface area contributed by atoms with E-state index in [1.165, 1.54) is 12.4 Å². The lowest BCUT2D eigenvalue weighted by Gasteiger charge is -2.02. The van der Waals surface area contributed by atoms with Crippen LogP contribution in [0.25, 0.3) is 22.2 Å². The zero-order valence-electron chi connectivity index (χ0n) is 9.22. The van der Waals surface area contributed by atoms with E-state index in [4.69, 9.17) is 26.8 Å². The van der Waals surface area contributed by atoms with Crippen LogP contribution in [-0.4, -0.2) is 18.6 Å². The third kappa shape index (κ3) is 2.01. The predicted molar refractivity (Wildman–Crippen MR) is 71.8 cm³/mol. The largest absolute Gasteiger partial charge is 0.359 e. The lowest BCUT2D eigenvalue weighted by atomic mass is 10.1. The average molecular weight is 317 g/mol. The molecule has 2 aromatic heterocycles. The highest BCUT2D eigenvalue weighted by molar-refractivity contribution is 8.14. The standard InChI is InChI=1S/C11H6Cl2N2O3S/c12-7-2-1-6-9(19(13,16)17)5-14-11(6)10(7)8-3-4-15-18-8/h1-5,14H. The van der Waals surface area contributed by atoms with Crippen molar-refractivity contribution >= 4 is 42.2 Å². The van der Waals surface area contributed by atoms with Gasteiger partial charge < -0.3 is 9.51 Å². The number of nitrogens with one attached hydrogen (secondary N) is 1. The maximum absolute atomic E-state index is 11.5. The molecule has 5 nitrogen and oxygen atoms in total. The summed E-state index contributed by atoms with van der Waals surface area (Å²) >= 11 is 6.13. The molecule has 0 aliphatic heterocycles. The van der Waals surface area contributed by atoms with Crippen molar-refractivity contribution in [2.45, 2.75) is 4.90 Å². The van der Waals surface area contributed by atoms with Crippen LogP contribution in [0.2, 0.25) is 5.02 Å². The molecule has 3 aromatic rings. The Balaban J connectivity index is 2.41. The van der Waals surface area contributed by atoms with Gasteiger partial charge in [-0.25, -0.2) is 8.42 Å². The molecule has 2 heterocycles. The minimum absolute atomic E-state index is 0.00148. The van der Waals surface area contributed by atoms with Gasteiger partial charge in [-0.2, -0.15) is 0 Å². The molecule has 8 heteroatoms. The molecule has 0 atom stereocenters. The number of halogens is 2. The first-order chi connectivity index (χ1) is 8.98. The Kier molecular flexibility index (Phi) is 2.81. The second-order valence-electron chi connectivity index (χ2n) is 3.81. The molecule has 98 valence electrons. The number of nitrogens with zero attached hydrogens (tertiary/aromatic N) is 1. The van der Waals surface area contributed by atoms with E-state index in [0.717, 1.165) is 0 Å². The summed E-state index contributed by atoms with van der Waals surface area (Å²) in [4.78, 5) is 2.86. The van der Waals surface area contributed by atoms with Crippen molar-refractivity contribution in [1.82, 2.24) is 10.1 Å². The molecule has 0 saturated carbocycles. The molecule has 0 spiro atoms. The lowest BCUT2D eigenvalue weighted by Crippen LogP contribution is -1.88. The van der Waals surface area contributed by atoms with Crippen molar-refractivity contribution in [3.63, 3.8) is 0 Å². The quantitative estimate of drug-likeness (QED) is 0.735. The smallest absolute Gasteiger partial charge is 0.263 e. The van der Waals surface area contributed by atoms with Crippen LogP contribution in [0.1, 0.15) is 0 Å². The van der Waals surface area contributed by atoms with Gasteiger partial charge in [0, 0.05) is 28.3 Å². The number of rotatable bonds is 2. The molecule has 0 radical (unpaired) electrons. The fraction of sp³-hybridized carbons (Fsp3) is 0. The van der Waals surface area contributed by atoms with E-state index in [-0.39, 0.29) is 4.90 Å².